The molecule has 0 spiro atoms. The minimum Gasteiger partial charge on any atom is -0.412 e. The molecule has 7 nitrogen and oxygen atoms in total. The predicted molar refractivity (Wildman–Crippen MR) is 110 cm³/mol. The SMILES string of the molecule is CN(Cc1nc2ccc(C3CC3)cc2[nH]1)C(=O)Cn1c2c(oc1=O)CCC(C(F)(F)F)=C2. The molecule has 5 rings (SSSR count). The van der Waals surface area contributed by atoms with Crippen molar-refractivity contribution in [2.45, 2.75) is 50.9 Å². The quantitative estimate of drug-likeness (QED) is 0.647. The fraction of sp³-hybridized carbons (Fsp3) is 0.409. The second kappa shape index (κ2) is 7.39. The minimum absolute atomic E-state index is 0.00617. The number of carbonyl (C=O) groups excluding carboxylic acids is 1. The van der Waals surface area contributed by atoms with Crippen molar-refractivity contribution in [1.82, 2.24) is 19.4 Å². The Bertz CT molecular complexity index is 1290. The lowest BCUT2D eigenvalue weighted by atomic mass is 10.0. The first kappa shape index (κ1) is 20.6. The Morgan fingerprint density at radius 3 is 2.81 bits per heavy atom. The van der Waals surface area contributed by atoms with Crippen molar-refractivity contribution in [3.63, 3.8) is 0 Å². The first-order valence-corrected chi connectivity index (χ1v) is 10.4. The largest absolute Gasteiger partial charge is 0.420 e. The van der Waals surface area contributed by atoms with Crippen molar-refractivity contribution in [1.29, 1.82) is 0 Å². The fourth-order valence-corrected chi connectivity index (χ4v) is 4.05. The topological polar surface area (TPSA) is 84.1 Å². The maximum absolute atomic E-state index is 13.1. The lowest BCUT2D eigenvalue weighted by molar-refractivity contribution is -0.131. The number of nitrogens with one attached hydrogen (secondary N) is 1. The van der Waals surface area contributed by atoms with Crippen LogP contribution >= 0.6 is 0 Å². The molecule has 2 aromatic heterocycles. The molecule has 2 heterocycles. The van der Waals surface area contributed by atoms with E-state index in [2.05, 4.69) is 22.1 Å². The number of benzene rings is 1. The zero-order valence-electron chi connectivity index (χ0n) is 17.3. The Kier molecular flexibility index (Phi) is 4.75. The maximum atomic E-state index is 13.1. The van der Waals surface area contributed by atoms with Crippen LogP contribution in [0.5, 0.6) is 0 Å². The van der Waals surface area contributed by atoms with E-state index in [1.54, 1.807) is 7.05 Å². The minimum atomic E-state index is -4.49. The van der Waals surface area contributed by atoms with Crippen LogP contribution in [0.2, 0.25) is 0 Å². The van der Waals surface area contributed by atoms with E-state index in [4.69, 9.17) is 4.42 Å². The summed E-state index contributed by atoms with van der Waals surface area (Å²) >= 11 is 0. The van der Waals surface area contributed by atoms with Crippen molar-refractivity contribution in [3.8, 4) is 0 Å². The molecule has 0 unspecified atom stereocenters. The van der Waals surface area contributed by atoms with E-state index in [0.29, 0.717) is 11.7 Å². The summed E-state index contributed by atoms with van der Waals surface area (Å²) < 4.78 is 45.3. The van der Waals surface area contributed by atoms with Crippen molar-refractivity contribution in [3.05, 3.63) is 57.2 Å². The number of H-pyrrole nitrogens is 1. The number of aromatic nitrogens is 3. The van der Waals surface area contributed by atoms with Gasteiger partial charge in [-0.3, -0.25) is 9.36 Å². The highest BCUT2D eigenvalue weighted by molar-refractivity contribution is 5.78. The number of imidazole rings is 1. The van der Waals surface area contributed by atoms with Gasteiger partial charge < -0.3 is 14.3 Å². The highest BCUT2D eigenvalue weighted by Gasteiger charge is 2.36. The van der Waals surface area contributed by atoms with Gasteiger partial charge >= 0.3 is 11.9 Å². The van der Waals surface area contributed by atoms with E-state index >= 15 is 0 Å². The number of aryl methyl sites for hydroxylation is 1. The summed E-state index contributed by atoms with van der Waals surface area (Å²) in [6, 6.07) is 6.09. The normalized spacial score (nSPS) is 16.2. The molecule has 3 aromatic rings. The molecule has 0 atom stereocenters. The molecule has 2 aliphatic rings. The summed E-state index contributed by atoms with van der Waals surface area (Å²) in [7, 11) is 1.56. The third kappa shape index (κ3) is 3.85. The molecule has 1 amide bonds. The molecule has 1 saturated carbocycles. The first-order chi connectivity index (χ1) is 15.2. The number of rotatable bonds is 5. The standard InChI is InChI=1S/C22H21F3N4O3/c1-28(10-19-26-15-6-4-13(12-2-3-12)8-16(15)27-19)20(30)11-29-17-9-14(22(23,24)25)5-7-18(17)32-21(29)31/h4,6,8-9,12H,2-3,5,7,10-11H2,1H3,(H,26,27). The summed E-state index contributed by atoms with van der Waals surface area (Å²) in [5.41, 5.74) is 2.23. The van der Waals surface area contributed by atoms with Crippen LogP contribution in [-0.4, -0.2) is 38.6 Å². The fourth-order valence-electron chi connectivity index (χ4n) is 4.05. The van der Waals surface area contributed by atoms with Gasteiger partial charge in [-0.05, 0) is 49.0 Å². The number of aromatic amines is 1. The molecule has 0 radical (unpaired) electrons. The molecule has 1 aromatic carbocycles. The van der Waals surface area contributed by atoms with E-state index in [-0.39, 0.29) is 30.8 Å². The van der Waals surface area contributed by atoms with Crippen LogP contribution in [0.1, 0.15) is 48.0 Å². The van der Waals surface area contributed by atoms with E-state index in [0.717, 1.165) is 21.7 Å². The molecular weight excluding hydrogens is 425 g/mol. The molecule has 32 heavy (non-hydrogen) atoms. The molecule has 168 valence electrons. The summed E-state index contributed by atoms with van der Waals surface area (Å²) in [5.74, 6) is 0.0865. The zero-order chi connectivity index (χ0) is 22.6. The second-order valence-corrected chi connectivity index (χ2v) is 8.41. The van der Waals surface area contributed by atoms with Crippen LogP contribution in [0, 0.1) is 0 Å². The zero-order valence-corrected chi connectivity index (χ0v) is 17.3. The van der Waals surface area contributed by atoms with Gasteiger partial charge in [0.05, 0.1) is 23.3 Å². The average molecular weight is 446 g/mol. The molecule has 2 aliphatic carbocycles. The van der Waals surface area contributed by atoms with Gasteiger partial charge in [0.15, 0.2) is 0 Å². The molecule has 1 N–H and O–H groups in total. The number of alkyl halides is 3. The number of oxazole rings is 1. The van der Waals surface area contributed by atoms with Gasteiger partial charge in [0, 0.05) is 19.0 Å². The number of carbonyl (C=O) groups is 1. The van der Waals surface area contributed by atoms with Crippen molar-refractivity contribution in [2.75, 3.05) is 7.05 Å². The van der Waals surface area contributed by atoms with Gasteiger partial charge in [-0.25, -0.2) is 9.78 Å². The lowest BCUT2D eigenvalue weighted by Crippen LogP contribution is -2.33. The number of amides is 1. The van der Waals surface area contributed by atoms with Crippen LogP contribution in [0.3, 0.4) is 0 Å². The summed E-state index contributed by atoms with van der Waals surface area (Å²) in [5, 5.41) is 0. The number of allylic oxidation sites excluding steroid dienone is 1. The Morgan fingerprint density at radius 2 is 2.09 bits per heavy atom. The van der Waals surface area contributed by atoms with E-state index in [9.17, 15) is 22.8 Å². The maximum Gasteiger partial charge on any atom is 0.420 e. The number of hydrogen-bond donors (Lipinski definition) is 1. The van der Waals surface area contributed by atoms with Crippen LogP contribution in [-0.2, 0) is 24.3 Å². The van der Waals surface area contributed by atoms with Gasteiger partial charge in [0.25, 0.3) is 0 Å². The Hall–Kier alpha value is -3.30. The molecule has 0 saturated heterocycles. The Morgan fingerprint density at radius 1 is 1.31 bits per heavy atom. The smallest absolute Gasteiger partial charge is 0.412 e. The van der Waals surface area contributed by atoms with Gasteiger partial charge in [-0.2, -0.15) is 13.2 Å². The second-order valence-electron chi connectivity index (χ2n) is 8.41. The number of halogens is 3. The molecular formula is C22H21F3N4O3. The van der Waals surface area contributed by atoms with Crippen molar-refractivity contribution < 1.29 is 22.4 Å². The Balaban J connectivity index is 1.33. The van der Waals surface area contributed by atoms with E-state index in [1.807, 2.05) is 6.07 Å². The van der Waals surface area contributed by atoms with Crippen molar-refractivity contribution >= 4 is 23.0 Å². The van der Waals surface area contributed by atoms with Crippen LogP contribution < -0.4 is 5.76 Å². The summed E-state index contributed by atoms with van der Waals surface area (Å²) in [6.45, 7) is -0.243. The van der Waals surface area contributed by atoms with Gasteiger partial charge in [-0.15, -0.1) is 0 Å². The molecule has 0 bridgehead atoms. The monoisotopic (exact) mass is 446 g/mol. The van der Waals surface area contributed by atoms with Crippen LogP contribution in [0.25, 0.3) is 17.1 Å². The molecule has 1 fully saturated rings. The van der Waals surface area contributed by atoms with Gasteiger partial charge in [0.1, 0.15) is 18.1 Å². The van der Waals surface area contributed by atoms with Gasteiger partial charge in [0.2, 0.25) is 5.91 Å². The third-order valence-corrected chi connectivity index (χ3v) is 6.01. The van der Waals surface area contributed by atoms with Gasteiger partial charge in [-0.1, -0.05) is 6.07 Å². The van der Waals surface area contributed by atoms with Crippen LogP contribution in [0.4, 0.5) is 13.2 Å². The van der Waals surface area contributed by atoms with Crippen LogP contribution in [0.15, 0.2) is 33.0 Å². The number of nitrogens with zero attached hydrogens (tertiary/aromatic N) is 3. The highest BCUT2D eigenvalue weighted by atomic mass is 19.4. The highest BCUT2D eigenvalue weighted by Crippen LogP contribution is 2.40. The third-order valence-electron chi connectivity index (χ3n) is 6.01. The first-order valence-electron chi connectivity index (χ1n) is 10.4. The lowest BCUT2D eigenvalue weighted by Gasteiger charge is -2.18. The Labute approximate surface area is 180 Å². The van der Waals surface area contributed by atoms with E-state index < -0.39 is 30.0 Å². The van der Waals surface area contributed by atoms with E-state index in [1.165, 1.54) is 23.3 Å². The number of fused-ring (bicyclic) bond motifs is 2. The summed E-state index contributed by atoms with van der Waals surface area (Å²) in [6.07, 6.45) is -1.49. The molecule has 10 heteroatoms. The van der Waals surface area contributed by atoms with Crippen molar-refractivity contribution in [2.24, 2.45) is 0 Å². The number of hydrogen-bond acceptors (Lipinski definition) is 4. The molecule has 0 aliphatic heterocycles. The number of likely N-dealkylation sites (N-methyl/N-ethyl adjacent to an activating group) is 1. The average Bonchev–Trinajstić information content (AvgIpc) is 3.44. The summed E-state index contributed by atoms with van der Waals surface area (Å²) in [4.78, 5) is 34.0. The predicted octanol–water partition coefficient (Wildman–Crippen LogP) is 3.75.